The average Bonchev–Trinajstić information content (AvgIpc) is 3.30. The van der Waals surface area contributed by atoms with E-state index in [1.807, 2.05) is 35.2 Å². The van der Waals surface area contributed by atoms with Crippen molar-refractivity contribution in [2.75, 3.05) is 26.2 Å². The van der Waals surface area contributed by atoms with Crippen LogP contribution in [0.25, 0.3) is 6.08 Å². The third-order valence-corrected chi connectivity index (χ3v) is 8.07. The second kappa shape index (κ2) is 7.76. The van der Waals surface area contributed by atoms with Crippen LogP contribution in [0, 0.1) is 17.8 Å². The summed E-state index contributed by atoms with van der Waals surface area (Å²) >= 11 is 0. The zero-order valence-corrected chi connectivity index (χ0v) is 16.5. The molecule has 0 radical (unpaired) electrons. The summed E-state index contributed by atoms with van der Waals surface area (Å²) in [6, 6.07) is 9.41. The normalized spacial score (nSPS) is 28.9. The van der Waals surface area contributed by atoms with Crippen molar-refractivity contribution in [3.05, 3.63) is 41.3 Å². The molecule has 1 heterocycles. The van der Waals surface area contributed by atoms with Crippen LogP contribution in [-0.4, -0.2) is 49.7 Å². The van der Waals surface area contributed by atoms with E-state index < -0.39 is 10.0 Å². The first-order chi connectivity index (χ1) is 13.0. The molecular formula is C21H28N2O3S. The predicted octanol–water partition coefficient (Wildman–Crippen LogP) is 2.96. The molecule has 27 heavy (non-hydrogen) atoms. The lowest BCUT2D eigenvalue weighted by Gasteiger charge is -2.34. The van der Waals surface area contributed by atoms with Gasteiger partial charge in [0.15, 0.2) is 0 Å². The summed E-state index contributed by atoms with van der Waals surface area (Å²) in [5, 5.41) is 1.27. The molecule has 0 spiro atoms. The van der Waals surface area contributed by atoms with E-state index in [2.05, 4.69) is 0 Å². The van der Waals surface area contributed by atoms with E-state index in [9.17, 15) is 13.2 Å². The molecule has 2 saturated carbocycles. The lowest BCUT2D eigenvalue weighted by molar-refractivity contribution is -0.133. The van der Waals surface area contributed by atoms with Crippen LogP contribution in [0.5, 0.6) is 0 Å². The van der Waals surface area contributed by atoms with E-state index in [4.69, 9.17) is 0 Å². The van der Waals surface area contributed by atoms with Crippen LogP contribution in [0.2, 0.25) is 0 Å². The van der Waals surface area contributed by atoms with Crippen LogP contribution in [0.3, 0.4) is 0 Å². The number of carbonyl (C=O) groups is 1. The minimum Gasteiger partial charge on any atom is -0.340 e. The SMILES string of the molecule is O=C(CC1CC2CCC1C2)N1CCN(S(=O)(=O)/C=C/c2ccccc2)CC1. The molecule has 6 heteroatoms. The van der Waals surface area contributed by atoms with Crippen molar-refractivity contribution in [2.24, 2.45) is 17.8 Å². The third-order valence-electron chi connectivity index (χ3n) is 6.50. The molecule has 1 aromatic rings. The molecule has 2 aliphatic carbocycles. The van der Waals surface area contributed by atoms with Gasteiger partial charge in [-0.2, -0.15) is 4.31 Å². The standard InChI is InChI=1S/C21H28N2O3S/c24-21(16-20-15-18-6-7-19(20)14-18)22-9-11-23(12-10-22)27(25,26)13-8-17-4-2-1-3-5-17/h1-5,8,13,18-20H,6-7,9-12,14-16H2/b13-8+. The summed E-state index contributed by atoms with van der Waals surface area (Å²) in [5.41, 5.74) is 0.862. The Morgan fingerprint density at radius 3 is 2.41 bits per heavy atom. The molecule has 1 aromatic carbocycles. The molecule has 0 aromatic heterocycles. The fourth-order valence-electron chi connectivity index (χ4n) is 4.99. The van der Waals surface area contributed by atoms with E-state index in [-0.39, 0.29) is 5.91 Å². The highest BCUT2D eigenvalue weighted by atomic mass is 32.2. The molecule has 2 bridgehead atoms. The molecule has 4 rings (SSSR count). The Morgan fingerprint density at radius 1 is 1.04 bits per heavy atom. The Hall–Kier alpha value is -1.66. The smallest absolute Gasteiger partial charge is 0.236 e. The van der Waals surface area contributed by atoms with Crippen molar-refractivity contribution < 1.29 is 13.2 Å². The number of carbonyl (C=O) groups excluding carboxylic acids is 1. The van der Waals surface area contributed by atoms with Crippen molar-refractivity contribution in [3.8, 4) is 0 Å². The zero-order chi connectivity index (χ0) is 18.9. The maximum atomic E-state index is 12.6. The van der Waals surface area contributed by atoms with Crippen molar-refractivity contribution in [3.63, 3.8) is 0 Å². The van der Waals surface area contributed by atoms with Gasteiger partial charge in [-0.3, -0.25) is 4.79 Å². The molecule has 1 aliphatic heterocycles. The lowest BCUT2D eigenvalue weighted by Crippen LogP contribution is -2.50. The van der Waals surface area contributed by atoms with Crippen molar-refractivity contribution in [1.29, 1.82) is 0 Å². The van der Waals surface area contributed by atoms with Gasteiger partial charge in [-0.05, 0) is 48.7 Å². The van der Waals surface area contributed by atoms with Crippen LogP contribution in [0.15, 0.2) is 35.7 Å². The third kappa shape index (κ3) is 4.27. The Morgan fingerprint density at radius 2 is 1.78 bits per heavy atom. The molecule has 3 fully saturated rings. The van der Waals surface area contributed by atoms with Gasteiger partial charge in [0, 0.05) is 38.0 Å². The minimum atomic E-state index is -3.45. The number of sulfonamides is 1. The number of benzene rings is 1. The van der Waals surface area contributed by atoms with Crippen LogP contribution in [0.1, 0.15) is 37.7 Å². The minimum absolute atomic E-state index is 0.212. The van der Waals surface area contributed by atoms with Gasteiger partial charge >= 0.3 is 0 Å². The number of hydrogen-bond donors (Lipinski definition) is 0. The highest BCUT2D eigenvalue weighted by Crippen LogP contribution is 2.49. The van der Waals surface area contributed by atoms with Gasteiger partial charge in [-0.25, -0.2) is 8.42 Å². The molecule has 1 saturated heterocycles. The van der Waals surface area contributed by atoms with Gasteiger partial charge in [0.05, 0.1) is 0 Å². The van der Waals surface area contributed by atoms with Gasteiger partial charge in [-0.15, -0.1) is 0 Å². The Kier molecular flexibility index (Phi) is 5.37. The van der Waals surface area contributed by atoms with Crippen LogP contribution >= 0.6 is 0 Å². The van der Waals surface area contributed by atoms with Crippen LogP contribution < -0.4 is 0 Å². The summed E-state index contributed by atoms with van der Waals surface area (Å²) in [7, 11) is -3.45. The van der Waals surface area contributed by atoms with Crippen molar-refractivity contribution >= 4 is 22.0 Å². The van der Waals surface area contributed by atoms with Gasteiger partial charge in [0.25, 0.3) is 0 Å². The van der Waals surface area contributed by atoms with E-state index in [1.165, 1.54) is 35.4 Å². The molecule has 1 amide bonds. The molecule has 5 nitrogen and oxygen atoms in total. The number of hydrogen-bond acceptors (Lipinski definition) is 3. The molecule has 3 aliphatic rings. The van der Waals surface area contributed by atoms with Gasteiger partial charge in [0.2, 0.25) is 15.9 Å². The van der Waals surface area contributed by atoms with E-state index in [0.717, 1.165) is 17.4 Å². The fourth-order valence-corrected chi connectivity index (χ4v) is 6.16. The fraction of sp³-hybridized carbons (Fsp3) is 0.571. The second-order valence-corrected chi connectivity index (χ2v) is 10.00. The number of fused-ring (bicyclic) bond motifs is 2. The monoisotopic (exact) mass is 388 g/mol. The Balaban J connectivity index is 1.29. The van der Waals surface area contributed by atoms with E-state index in [1.54, 1.807) is 6.08 Å². The lowest BCUT2D eigenvalue weighted by atomic mass is 9.86. The first-order valence-electron chi connectivity index (χ1n) is 10.0. The van der Waals surface area contributed by atoms with Crippen LogP contribution in [0.4, 0.5) is 0 Å². The second-order valence-electron chi connectivity index (χ2n) is 8.18. The Bertz CT molecular complexity index is 798. The number of amides is 1. The van der Waals surface area contributed by atoms with Crippen LogP contribution in [-0.2, 0) is 14.8 Å². The molecule has 146 valence electrons. The quantitative estimate of drug-likeness (QED) is 0.779. The first-order valence-corrected chi connectivity index (χ1v) is 11.5. The highest BCUT2D eigenvalue weighted by molar-refractivity contribution is 7.92. The summed E-state index contributed by atoms with van der Waals surface area (Å²) in [6.07, 6.45) is 7.46. The molecular weight excluding hydrogens is 360 g/mol. The summed E-state index contributed by atoms with van der Waals surface area (Å²) in [4.78, 5) is 14.5. The summed E-state index contributed by atoms with van der Waals surface area (Å²) in [6.45, 7) is 1.75. The molecule has 3 unspecified atom stereocenters. The maximum Gasteiger partial charge on any atom is 0.236 e. The molecule has 3 atom stereocenters. The maximum absolute atomic E-state index is 12.6. The zero-order valence-electron chi connectivity index (χ0n) is 15.7. The number of rotatable bonds is 5. The summed E-state index contributed by atoms with van der Waals surface area (Å²) in [5.74, 6) is 2.38. The summed E-state index contributed by atoms with van der Waals surface area (Å²) < 4.78 is 26.6. The Labute approximate surface area is 162 Å². The molecule has 0 N–H and O–H groups in total. The first kappa shape index (κ1) is 18.7. The van der Waals surface area contributed by atoms with Crippen molar-refractivity contribution in [1.82, 2.24) is 9.21 Å². The van der Waals surface area contributed by atoms with Gasteiger partial charge < -0.3 is 4.90 Å². The largest absolute Gasteiger partial charge is 0.340 e. The number of nitrogens with zero attached hydrogens (tertiary/aromatic N) is 2. The number of piperazine rings is 1. The van der Waals surface area contributed by atoms with Gasteiger partial charge in [-0.1, -0.05) is 36.8 Å². The predicted molar refractivity (Wildman–Crippen MR) is 106 cm³/mol. The highest BCUT2D eigenvalue weighted by Gasteiger charge is 2.41. The van der Waals surface area contributed by atoms with Crippen molar-refractivity contribution in [2.45, 2.75) is 32.1 Å². The topological polar surface area (TPSA) is 57.7 Å². The average molecular weight is 389 g/mol. The van der Waals surface area contributed by atoms with E-state index in [0.29, 0.717) is 38.5 Å². The van der Waals surface area contributed by atoms with E-state index >= 15 is 0 Å². The van der Waals surface area contributed by atoms with Gasteiger partial charge in [0.1, 0.15) is 0 Å².